The van der Waals surface area contributed by atoms with Crippen molar-refractivity contribution in [1.29, 1.82) is 0 Å². The molecule has 1 N–H and O–H groups in total. The van der Waals surface area contributed by atoms with Gasteiger partial charge in [-0.05, 0) is 55.8 Å². The van der Waals surface area contributed by atoms with Gasteiger partial charge in [0.15, 0.2) is 0 Å². The quantitative estimate of drug-likeness (QED) is 0.631. The summed E-state index contributed by atoms with van der Waals surface area (Å²) in [5.74, 6) is 0.995. The fraction of sp³-hybridized carbons (Fsp3) is 0.684. The summed E-state index contributed by atoms with van der Waals surface area (Å²) in [6.07, 6.45) is 12.5. The number of hydrogen-bond donors (Lipinski definition) is 1. The van der Waals surface area contributed by atoms with Crippen LogP contribution in [0, 0.1) is 5.92 Å². The molecule has 0 saturated heterocycles. The molecular weight excluding hydrogens is 322 g/mol. The lowest BCUT2D eigenvalue weighted by Crippen LogP contribution is -2.32. The van der Waals surface area contributed by atoms with Gasteiger partial charge in [0.2, 0.25) is 0 Å². The molecule has 0 amide bonds. The van der Waals surface area contributed by atoms with E-state index in [4.69, 9.17) is 0 Å². The third-order valence-corrected chi connectivity index (χ3v) is 5.26. The highest BCUT2D eigenvalue weighted by molar-refractivity contribution is 9.10. The largest absolute Gasteiger partial charge is 0.314 e. The molecule has 2 heteroatoms. The molecule has 0 radical (unpaired) electrons. The molecule has 1 unspecified atom stereocenters. The van der Waals surface area contributed by atoms with Gasteiger partial charge in [-0.25, -0.2) is 0 Å². The Hall–Kier alpha value is -0.340. The number of nitrogens with one attached hydrogen (secondary N) is 1. The molecule has 1 atom stereocenters. The van der Waals surface area contributed by atoms with Crippen LogP contribution in [0.1, 0.15) is 63.9 Å². The second kappa shape index (κ2) is 9.63. The zero-order valence-electron chi connectivity index (χ0n) is 13.4. The van der Waals surface area contributed by atoms with E-state index in [0.717, 1.165) is 12.5 Å². The Kier molecular flexibility index (Phi) is 7.81. The molecule has 21 heavy (non-hydrogen) atoms. The van der Waals surface area contributed by atoms with Crippen LogP contribution in [0.2, 0.25) is 0 Å². The van der Waals surface area contributed by atoms with Crippen molar-refractivity contribution in [3.8, 4) is 0 Å². The van der Waals surface area contributed by atoms with Crippen molar-refractivity contribution in [3.05, 3.63) is 34.3 Å². The van der Waals surface area contributed by atoms with Crippen molar-refractivity contribution >= 4 is 15.9 Å². The van der Waals surface area contributed by atoms with Crippen molar-refractivity contribution in [2.75, 3.05) is 6.54 Å². The highest BCUT2D eigenvalue weighted by Gasteiger charge is 2.16. The molecule has 1 aliphatic rings. The minimum Gasteiger partial charge on any atom is -0.314 e. The molecule has 0 bridgehead atoms. The van der Waals surface area contributed by atoms with E-state index in [1.165, 1.54) is 67.8 Å². The predicted molar refractivity (Wildman–Crippen MR) is 95.7 cm³/mol. The number of halogens is 1. The Morgan fingerprint density at radius 1 is 1.14 bits per heavy atom. The van der Waals surface area contributed by atoms with E-state index >= 15 is 0 Å². The Bertz CT molecular complexity index is 381. The Morgan fingerprint density at radius 2 is 1.86 bits per heavy atom. The first-order chi connectivity index (χ1) is 10.3. The topological polar surface area (TPSA) is 12.0 Å². The maximum Gasteiger partial charge on any atom is 0.0175 e. The summed E-state index contributed by atoms with van der Waals surface area (Å²) >= 11 is 3.52. The molecule has 1 aliphatic carbocycles. The van der Waals surface area contributed by atoms with Gasteiger partial charge < -0.3 is 5.32 Å². The summed E-state index contributed by atoms with van der Waals surface area (Å²) in [6, 6.07) is 9.48. The summed E-state index contributed by atoms with van der Waals surface area (Å²) in [4.78, 5) is 0. The fourth-order valence-electron chi connectivity index (χ4n) is 3.44. The van der Waals surface area contributed by atoms with Crippen LogP contribution < -0.4 is 5.32 Å². The molecule has 1 aromatic rings. The lowest BCUT2D eigenvalue weighted by molar-refractivity contribution is 0.312. The van der Waals surface area contributed by atoms with Crippen LogP contribution in [0.3, 0.4) is 0 Å². The lowest BCUT2D eigenvalue weighted by Gasteiger charge is -2.25. The van der Waals surface area contributed by atoms with E-state index in [0.29, 0.717) is 6.04 Å². The summed E-state index contributed by atoms with van der Waals surface area (Å²) in [5.41, 5.74) is 1.45. The standard InChI is InChI=1S/C19H30BrN/c1-2-14-21-19(13-10-16-6-4-3-5-7-16)15-17-8-11-18(20)12-9-17/h8-9,11-12,16,19,21H,2-7,10,13-15H2,1H3. The first-order valence-corrected chi connectivity index (χ1v) is 9.55. The fourth-order valence-corrected chi connectivity index (χ4v) is 3.71. The normalized spacial score (nSPS) is 17.8. The molecule has 1 saturated carbocycles. The van der Waals surface area contributed by atoms with Gasteiger partial charge in [-0.15, -0.1) is 0 Å². The lowest BCUT2D eigenvalue weighted by atomic mass is 9.84. The van der Waals surface area contributed by atoms with Gasteiger partial charge in [0, 0.05) is 10.5 Å². The highest BCUT2D eigenvalue weighted by atomic mass is 79.9. The van der Waals surface area contributed by atoms with Gasteiger partial charge in [0.05, 0.1) is 0 Å². The second-order valence-electron chi connectivity index (χ2n) is 6.56. The number of rotatable bonds is 8. The Labute approximate surface area is 139 Å². The first kappa shape index (κ1) is 17.0. The highest BCUT2D eigenvalue weighted by Crippen LogP contribution is 2.28. The molecule has 118 valence electrons. The average Bonchev–Trinajstić information content (AvgIpc) is 2.53. The van der Waals surface area contributed by atoms with Crippen LogP contribution in [0.25, 0.3) is 0 Å². The van der Waals surface area contributed by atoms with E-state index in [1.807, 2.05) is 0 Å². The summed E-state index contributed by atoms with van der Waals surface area (Å²) in [6.45, 7) is 3.40. The van der Waals surface area contributed by atoms with E-state index in [2.05, 4.69) is 52.4 Å². The van der Waals surface area contributed by atoms with Crippen molar-refractivity contribution in [1.82, 2.24) is 5.32 Å². The molecule has 2 rings (SSSR count). The Balaban J connectivity index is 1.82. The van der Waals surface area contributed by atoms with Gasteiger partial charge in [0.25, 0.3) is 0 Å². The smallest absolute Gasteiger partial charge is 0.0175 e. The van der Waals surface area contributed by atoms with Gasteiger partial charge >= 0.3 is 0 Å². The summed E-state index contributed by atoms with van der Waals surface area (Å²) < 4.78 is 1.17. The third-order valence-electron chi connectivity index (χ3n) is 4.73. The first-order valence-electron chi connectivity index (χ1n) is 8.75. The number of hydrogen-bond acceptors (Lipinski definition) is 1. The molecule has 0 heterocycles. The molecular formula is C19H30BrN. The van der Waals surface area contributed by atoms with Crippen LogP contribution in [0.5, 0.6) is 0 Å². The molecule has 0 aromatic heterocycles. The summed E-state index contributed by atoms with van der Waals surface area (Å²) in [7, 11) is 0. The van der Waals surface area contributed by atoms with Gasteiger partial charge in [-0.2, -0.15) is 0 Å². The van der Waals surface area contributed by atoms with E-state index in [-0.39, 0.29) is 0 Å². The zero-order chi connectivity index (χ0) is 14.9. The molecule has 0 aliphatic heterocycles. The zero-order valence-corrected chi connectivity index (χ0v) is 15.0. The SMILES string of the molecule is CCCNC(CCC1CCCCC1)Cc1ccc(Br)cc1. The van der Waals surface area contributed by atoms with Gasteiger partial charge in [-0.1, -0.05) is 67.1 Å². The molecule has 0 spiro atoms. The van der Waals surface area contributed by atoms with Crippen LogP contribution in [0.15, 0.2) is 28.7 Å². The van der Waals surface area contributed by atoms with E-state index in [1.54, 1.807) is 0 Å². The third kappa shape index (κ3) is 6.52. The van der Waals surface area contributed by atoms with Crippen molar-refractivity contribution in [2.24, 2.45) is 5.92 Å². The van der Waals surface area contributed by atoms with Crippen LogP contribution in [0.4, 0.5) is 0 Å². The van der Waals surface area contributed by atoms with Crippen molar-refractivity contribution in [2.45, 2.75) is 70.8 Å². The maximum atomic E-state index is 3.76. The van der Waals surface area contributed by atoms with Crippen LogP contribution >= 0.6 is 15.9 Å². The van der Waals surface area contributed by atoms with E-state index < -0.39 is 0 Å². The molecule has 1 fully saturated rings. The van der Waals surface area contributed by atoms with E-state index in [9.17, 15) is 0 Å². The summed E-state index contributed by atoms with van der Waals surface area (Å²) in [5, 5.41) is 3.76. The van der Waals surface area contributed by atoms with Crippen molar-refractivity contribution in [3.63, 3.8) is 0 Å². The monoisotopic (exact) mass is 351 g/mol. The minimum absolute atomic E-state index is 0.646. The Morgan fingerprint density at radius 3 is 2.52 bits per heavy atom. The van der Waals surface area contributed by atoms with Gasteiger partial charge in [0.1, 0.15) is 0 Å². The van der Waals surface area contributed by atoms with Crippen molar-refractivity contribution < 1.29 is 0 Å². The maximum absolute atomic E-state index is 3.76. The van der Waals surface area contributed by atoms with Crippen LogP contribution in [-0.2, 0) is 6.42 Å². The van der Waals surface area contributed by atoms with Gasteiger partial charge in [-0.3, -0.25) is 0 Å². The second-order valence-corrected chi connectivity index (χ2v) is 7.48. The number of benzene rings is 1. The predicted octanol–water partition coefficient (Wildman–Crippen LogP) is 5.72. The minimum atomic E-state index is 0.646. The molecule has 1 nitrogen and oxygen atoms in total. The van der Waals surface area contributed by atoms with Crippen LogP contribution in [-0.4, -0.2) is 12.6 Å². The molecule has 1 aromatic carbocycles. The average molecular weight is 352 g/mol.